The summed E-state index contributed by atoms with van der Waals surface area (Å²) in [6, 6.07) is 0.274. The number of fused-ring (bicyclic) bond motifs is 1. The summed E-state index contributed by atoms with van der Waals surface area (Å²) in [7, 11) is 2.01. The zero-order valence-electron chi connectivity index (χ0n) is 16.2. The lowest BCUT2D eigenvalue weighted by Gasteiger charge is -2.45. The maximum Gasteiger partial charge on any atom is 0.0909 e. The highest BCUT2D eigenvalue weighted by atomic mass is 16.7. The van der Waals surface area contributed by atoms with E-state index in [0.29, 0.717) is 23.2 Å². The lowest BCUT2D eigenvalue weighted by atomic mass is 9.61. The van der Waals surface area contributed by atoms with Gasteiger partial charge in [-0.05, 0) is 69.1 Å². The van der Waals surface area contributed by atoms with Gasteiger partial charge in [-0.2, -0.15) is 5.06 Å². The highest BCUT2D eigenvalue weighted by Crippen LogP contribution is 2.58. The van der Waals surface area contributed by atoms with Crippen molar-refractivity contribution < 1.29 is 15.1 Å². The van der Waals surface area contributed by atoms with E-state index < -0.39 is 0 Å². The van der Waals surface area contributed by atoms with Crippen molar-refractivity contribution in [2.24, 2.45) is 29.1 Å². The fourth-order valence-corrected chi connectivity index (χ4v) is 6.55. The molecule has 2 aliphatic carbocycles. The third-order valence-electron chi connectivity index (χ3n) is 7.86. The molecule has 3 rings (SSSR count). The zero-order chi connectivity index (χ0) is 17.7. The Hall–Kier alpha value is -0.160. The second-order valence-corrected chi connectivity index (χ2v) is 9.57. The number of hydrogen-bond acceptors (Lipinski definition) is 4. The Morgan fingerprint density at radius 1 is 1.21 bits per heavy atom. The molecule has 3 fully saturated rings. The molecule has 1 saturated heterocycles. The highest BCUT2D eigenvalue weighted by molar-refractivity contribution is 5.03. The Bertz CT molecular complexity index is 454. The van der Waals surface area contributed by atoms with Crippen LogP contribution in [0.5, 0.6) is 0 Å². The summed E-state index contributed by atoms with van der Waals surface area (Å²) in [4.78, 5) is 6.01. The van der Waals surface area contributed by atoms with Crippen molar-refractivity contribution in [3.05, 3.63) is 0 Å². The Labute approximate surface area is 147 Å². The third-order valence-corrected chi connectivity index (χ3v) is 7.86. The lowest BCUT2D eigenvalue weighted by molar-refractivity contribution is -0.181. The number of hydrogen-bond donors (Lipinski definition) is 2. The van der Waals surface area contributed by atoms with Crippen molar-refractivity contribution in [2.45, 2.75) is 84.0 Å². The first-order valence-corrected chi connectivity index (χ1v) is 9.91. The van der Waals surface area contributed by atoms with Crippen molar-refractivity contribution >= 4 is 0 Å². The smallest absolute Gasteiger partial charge is 0.0909 e. The van der Waals surface area contributed by atoms with Crippen molar-refractivity contribution in [1.82, 2.24) is 5.06 Å². The Morgan fingerprint density at radius 2 is 1.92 bits per heavy atom. The lowest BCUT2D eigenvalue weighted by Crippen LogP contribution is -2.43. The molecule has 1 unspecified atom stereocenters. The van der Waals surface area contributed by atoms with Crippen LogP contribution < -0.4 is 0 Å². The van der Waals surface area contributed by atoms with Gasteiger partial charge in [-0.1, -0.05) is 20.3 Å². The minimum Gasteiger partial charge on any atom is -0.396 e. The molecule has 2 N–H and O–H groups in total. The van der Waals surface area contributed by atoms with Gasteiger partial charge in [-0.3, -0.25) is 4.84 Å². The van der Waals surface area contributed by atoms with Crippen molar-refractivity contribution in [2.75, 3.05) is 13.7 Å². The molecule has 7 atom stereocenters. The molecular formula is C20H37NO3. The topological polar surface area (TPSA) is 52.9 Å². The highest BCUT2D eigenvalue weighted by Gasteiger charge is 2.54. The second-order valence-electron chi connectivity index (χ2n) is 9.57. The van der Waals surface area contributed by atoms with Gasteiger partial charge in [-0.25, -0.2) is 0 Å². The van der Waals surface area contributed by atoms with Crippen LogP contribution in [-0.2, 0) is 4.84 Å². The molecule has 140 valence electrons. The Morgan fingerprint density at radius 3 is 2.58 bits per heavy atom. The molecule has 4 heteroatoms. The van der Waals surface area contributed by atoms with Gasteiger partial charge < -0.3 is 10.2 Å². The minimum atomic E-state index is -0.295. The van der Waals surface area contributed by atoms with Crippen LogP contribution in [0.2, 0.25) is 0 Å². The van der Waals surface area contributed by atoms with Crippen molar-refractivity contribution in [1.29, 1.82) is 0 Å². The summed E-state index contributed by atoms with van der Waals surface area (Å²) in [5.74, 6) is 1.91. The molecule has 2 saturated carbocycles. The molecule has 0 spiro atoms. The van der Waals surface area contributed by atoms with Gasteiger partial charge in [0.05, 0.1) is 18.3 Å². The first-order chi connectivity index (χ1) is 11.2. The normalized spacial score (nSPS) is 46.9. The summed E-state index contributed by atoms with van der Waals surface area (Å²) in [6.07, 6.45) is 6.80. The molecule has 3 aliphatic rings. The van der Waals surface area contributed by atoms with Crippen LogP contribution in [0.3, 0.4) is 0 Å². The summed E-state index contributed by atoms with van der Waals surface area (Å²) in [5, 5.41) is 22.3. The van der Waals surface area contributed by atoms with Gasteiger partial charge in [-0.15, -0.1) is 0 Å². The molecule has 0 bridgehead atoms. The van der Waals surface area contributed by atoms with E-state index in [-0.39, 0.29) is 30.3 Å². The summed E-state index contributed by atoms with van der Waals surface area (Å²) >= 11 is 0. The van der Waals surface area contributed by atoms with Gasteiger partial charge in [0.2, 0.25) is 0 Å². The minimum absolute atomic E-state index is 0.0949. The predicted molar refractivity (Wildman–Crippen MR) is 95.3 cm³/mol. The summed E-state index contributed by atoms with van der Waals surface area (Å²) in [5.41, 5.74) is -0.00359. The number of hydroxylamine groups is 2. The number of rotatable bonds is 4. The first kappa shape index (κ1) is 18.6. The van der Waals surface area contributed by atoms with Gasteiger partial charge in [0, 0.05) is 19.0 Å². The second kappa shape index (κ2) is 6.53. The summed E-state index contributed by atoms with van der Waals surface area (Å²) in [6.45, 7) is 9.15. The molecule has 1 aliphatic heterocycles. The molecule has 0 aromatic rings. The summed E-state index contributed by atoms with van der Waals surface area (Å²) < 4.78 is 0. The van der Waals surface area contributed by atoms with E-state index in [1.54, 1.807) is 0 Å². The van der Waals surface area contributed by atoms with Crippen LogP contribution in [0, 0.1) is 29.1 Å². The average molecular weight is 340 g/mol. The van der Waals surface area contributed by atoms with Crippen LogP contribution >= 0.6 is 0 Å². The average Bonchev–Trinajstić information content (AvgIpc) is 2.94. The molecule has 4 nitrogen and oxygen atoms in total. The standard InChI is InChI=1S/C20H37NO3/c1-13(11-17-16(12-22)19(2,3)24-21(17)5)14-8-9-15-18(23)7-6-10-20(14,15)4/h13-18,22-23H,6-12H2,1-5H3/t13-,14-,15?,16+,17+,18+,20-/m1/s1. The van der Waals surface area contributed by atoms with E-state index in [9.17, 15) is 10.2 Å². The van der Waals surface area contributed by atoms with Gasteiger partial charge in [0.25, 0.3) is 0 Å². The largest absolute Gasteiger partial charge is 0.396 e. The van der Waals surface area contributed by atoms with E-state index in [2.05, 4.69) is 27.7 Å². The van der Waals surface area contributed by atoms with Gasteiger partial charge in [0.1, 0.15) is 0 Å². The maximum absolute atomic E-state index is 10.5. The number of aliphatic hydroxyl groups is 2. The third kappa shape index (κ3) is 2.94. The predicted octanol–water partition coefficient (Wildman–Crippen LogP) is 3.22. The van der Waals surface area contributed by atoms with Gasteiger partial charge >= 0.3 is 0 Å². The van der Waals surface area contributed by atoms with Crippen LogP contribution in [0.25, 0.3) is 0 Å². The molecule has 0 aromatic heterocycles. The molecule has 24 heavy (non-hydrogen) atoms. The van der Waals surface area contributed by atoms with E-state index in [4.69, 9.17) is 4.84 Å². The number of nitrogens with zero attached hydrogens (tertiary/aromatic N) is 1. The van der Waals surface area contributed by atoms with Crippen LogP contribution in [0.1, 0.15) is 66.2 Å². The number of aliphatic hydroxyl groups excluding tert-OH is 2. The van der Waals surface area contributed by atoms with Crippen LogP contribution in [0.4, 0.5) is 0 Å². The fraction of sp³-hybridized carbons (Fsp3) is 1.00. The van der Waals surface area contributed by atoms with E-state index in [1.807, 2.05) is 12.1 Å². The molecule has 0 aromatic carbocycles. The van der Waals surface area contributed by atoms with E-state index in [1.165, 1.54) is 19.3 Å². The maximum atomic E-state index is 10.5. The molecule has 1 heterocycles. The van der Waals surface area contributed by atoms with Crippen LogP contribution in [-0.4, -0.2) is 46.7 Å². The molecular weight excluding hydrogens is 302 g/mol. The Balaban J connectivity index is 1.72. The SMILES string of the molecule is C[C@H](C[C@H]1[C@H](CO)C(C)(C)ON1C)[C@H]1CCC2[C@@H](O)CCC[C@@]21C. The van der Waals surface area contributed by atoms with Crippen molar-refractivity contribution in [3.63, 3.8) is 0 Å². The zero-order valence-corrected chi connectivity index (χ0v) is 16.2. The van der Waals surface area contributed by atoms with Crippen LogP contribution in [0.15, 0.2) is 0 Å². The molecule has 0 radical (unpaired) electrons. The Kier molecular flexibility index (Phi) is 5.07. The first-order valence-electron chi connectivity index (χ1n) is 9.91. The van der Waals surface area contributed by atoms with E-state index in [0.717, 1.165) is 19.3 Å². The fourth-order valence-electron chi connectivity index (χ4n) is 6.55. The molecule has 0 amide bonds. The van der Waals surface area contributed by atoms with Gasteiger partial charge in [0.15, 0.2) is 0 Å². The quantitative estimate of drug-likeness (QED) is 0.826. The van der Waals surface area contributed by atoms with E-state index >= 15 is 0 Å². The monoisotopic (exact) mass is 339 g/mol. The van der Waals surface area contributed by atoms with Crippen molar-refractivity contribution in [3.8, 4) is 0 Å².